The maximum atomic E-state index is 13.6. The van der Waals surface area contributed by atoms with E-state index in [9.17, 15) is 4.39 Å². The monoisotopic (exact) mass is 432 g/mol. The molecular weight excluding hydrogens is 403 g/mol. The van der Waals surface area contributed by atoms with E-state index in [4.69, 9.17) is 5.73 Å². The third kappa shape index (κ3) is 4.67. The second-order valence-electron chi connectivity index (χ2n) is 8.87. The van der Waals surface area contributed by atoms with E-state index in [1.54, 1.807) is 19.1 Å². The molecule has 0 bridgehead atoms. The van der Waals surface area contributed by atoms with Crippen molar-refractivity contribution in [2.75, 3.05) is 44.3 Å². The van der Waals surface area contributed by atoms with Gasteiger partial charge in [0.25, 0.3) is 0 Å². The summed E-state index contributed by atoms with van der Waals surface area (Å²) in [4.78, 5) is 13.5. The van der Waals surface area contributed by atoms with Gasteiger partial charge in [0.2, 0.25) is 0 Å². The normalized spacial score (nSPS) is 15.4. The zero-order valence-corrected chi connectivity index (χ0v) is 19.0. The third-order valence-electron chi connectivity index (χ3n) is 6.02. The smallest absolute Gasteiger partial charge is 0.141 e. The van der Waals surface area contributed by atoms with Crippen LogP contribution < -0.4 is 11.1 Å². The molecule has 7 heteroatoms. The van der Waals surface area contributed by atoms with Crippen LogP contribution in [0.2, 0.25) is 0 Å². The van der Waals surface area contributed by atoms with Gasteiger partial charge < -0.3 is 16.0 Å². The summed E-state index contributed by atoms with van der Waals surface area (Å²) in [6, 6.07) is 8.61. The lowest BCUT2D eigenvalue weighted by Gasteiger charge is -2.40. The molecule has 0 atom stereocenters. The van der Waals surface area contributed by atoms with Gasteiger partial charge in [-0.1, -0.05) is 11.8 Å². The standard InChI is InChI=1S/C25H29FN6/c1-17-13-19(5-6-21(17)26)30-24-20-15-22(27)18(14-23(20)28-16-29-24)7-8-25(2,3)32-11-9-31(4)10-12-32/h5-6,13-16H,9-12,27H2,1-4H3,(H,28,29,30). The highest BCUT2D eigenvalue weighted by Gasteiger charge is 2.27. The van der Waals surface area contributed by atoms with Crippen molar-refractivity contribution < 1.29 is 4.39 Å². The number of likely N-dealkylation sites (N-methyl/N-ethyl adjacent to an activating group) is 1. The van der Waals surface area contributed by atoms with Gasteiger partial charge in [0.15, 0.2) is 0 Å². The van der Waals surface area contributed by atoms with Crippen molar-refractivity contribution >= 4 is 28.1 Å². The number of halogens is 1. The van der Waals surface area contributed by atoms with Gasteiger partial charge in [0, 0.05) is 48.5 Å². The van der Waals surface area contributed by atoms with Crippen LogP contribution in [0.4, 0.5) is 21.6 Å². The number of nitrogens with two attached hydrogens (primary N) is 1. The molecule has 3 N–H and O–H groups in total. The van der Waals surface area contributed by atoms with Crippen LogP contribution in [0.3, 0.4) is 0 Å². The molecule has 32 heavy (non-hydrogen) atoms. The molecule has 1 fully saturated rings. The minimum atomic E-state index is -0.249. The van der Waals surface area contributed by atoms with Crippen molar-refractivity contribution in [1.29, 1.82) is 0 Å². The molecule has 166 valence electrons. The average Bonchev–Trinajstić information content (AvgIpc) is 2.76. The first-order valence-corrected chi connectivity index (χ1v) is 10.8. The first kappa shape index (κ1) is 22.0. The van der Waals surface area contributed by atoms with Crippen molar-refractivity contribution in [2.24, 2.45) is 0 Å². The molecule has 2 aromatic carbocycles. The minimum Gasteiger partial charge on any atom is -0.398 e. The van der Waals surface area contributed by atoms with Gasteiger partial charge in [-0.05, 0) is 63.7 Å². The number of rotatable bonds is 3. The Morgan fingerprint density at radius 3 is 2.56 bits per heavy atom. The number of benzene rings is 2. The SMILES string of the molecule is Cc1cc(Nc2ncnc3cc(C#CC(C)(C)N4CCN(C)CC4)c(N)cc23)ccc1F. The summed E-state index contributed by atoms with van der Waals surface area (Å²) >= 11 is 0. The highest BCUT2D eigenvalue weighted by atomic mass is 19.1. The average molecular weight is 433 g/mol. The number of hydrogen-bond acceptors (Lipinski definition) is 6. The summed E-state index contributed by atoms with van der Waals surface area (Å²) < 4.78 is 13.6. The Balaban J connectivity index is 1.62. The molecule has 4 rings (SSSR count). The lowest BCUT2D eigenvalue weighted by atomic mass is 10.0. The van der Waals surface area contributed by atoms with Crippen molar-refractivity contribution in [3.05, 3.63) is 53.6 Å². The largest absolute Gasteiger partial charge is 0.398 e. The summed E-state index contributed by atoms with van der Waals surface area (Å²) in [5, 5.41) is 4.03. The first-order valence-electron chi connectivity index (χ1n) is 10.8. The lowest BCUT2D eigenvalue weighted by Crippen LogP contribution is -2.53. The predicted molar refractivity (Wildman–Crippen MR) is 128 cm³/mol. The molecule has 0 amide bonds. The Bertz CT molecular complexity index is 1200. The zero-order valence-electron chi connectivity index (χ0n) is 19.0. The van der Waals surface area contributed by atoms with E-state index in [0.29, 0.717) is 17.1 Å². The number of nitrogen functional groups attached to an aromatic ring is 1. The highest BCUT2D eigenvalue weighted by Crippen LogP contribution is 2.28. The first-order chi connectivity index (χ1) is 15.2. The van der Waals surface area contributed by atoms with Crippen LogP contribution in [0.1, 0.15) is 25.0 Å². The number of aromatic nitrogens is 2. The van der Waals surface area contributed by atoms with Crippen molar-refractivity contribution in [3.63, 3.8) is 0 Å². The second kappa shape index (κ2) is 8.73. The molecule has 1 aliphatic rings. The van der Waals surface area contributed by atoms with E-state index in [1.807, 2.05) is 12.1 Å². The molecule has 0 radical (unpaired) electrons. The Labute approximate surface area is 188 Å². The summed E-state index contributed by atoms with van der Waals surface area (Å²) in [5.41, 5.74) is 9.50. The van der Waals surface area contributed by atoms with Gasteiger partial charge in [0.05, 0.1) is 11.1 Å². The van der Waals surface area contributed by atoms with Crippen LogP contribution >= 0.6 is 0 Å². The molecule has 1 aliphatic heterocycles. The maximum Gasteiger partial charge on any atom is 0.141 e. The van der Waals surface area contributed by atoms with Gasteiger partial charge in [-0.25, -0.2) is 14.4 Å². The fraction of sp³-hybridized carbons (Fsp3) is 0.360. The number of anilines is 3. The molecular formula is C25H29FN6. The Hall–Kier alpha value is -3.21. The fourth-order valence-electron chi connectivity index (χ4n) is 3.85. The van der Waals surface area contributed by atoms with Crippen LogP contribution in [0, 0.1) is 24.6 Å². The van der Waals surface area contributed by atoms with Crippen LogP contribution in [0.5, 0.6) is 0 Å². The summed E-state index contributed by atoms with van der Waals surface area (Å²) in [6.45, 7) is 10.1. The van der Waals surface area contributed by atoms with Crippen molar-refractivity contribution in [1.82, 2.24) is 19.8 Å². The van der Waals surface area contributed by atoms with Gasteiger partial charge in [0.1, 0.15) is 18.0 Å². The number of nitrogens with one attached hydrogen (secondary N) is 1. The number of nitrogens with zero attached hydrogens (tertiary/aromatic N) is 4. The molecule has 1 aromatic heterocycles. The maximum absolute atomic E-state index is 13.6. The van der Waals surface area contributed by atoms with E-state index in [1.165, 1.54) is 12.4 Å². The molecule has 2 heterocycles. The Morgan fingerprint density at radius 1 is 1.09 bits per heavy atom. The third-order valence-corrected chi connectivity index (χ3v) is 6.02. The van der Waals surface area contributed by atoms with Gasteiger partial charge in [-0.3, -0.25) is 4.90 Å². The number of fused-ring (bicyclic) bond motifs is 1. The minimum absolute atomic E-state index is 0.241. The highest BCUT2D eigenvalue weighted by molar-refractivity contribution is 5.94. The quantitative estimate of drug-likeness (QED) is 0.485. The van der Waals surface area contributed by atoms with E-state index in [-0.39, 0.29) is 11.4 Å². The van der Waals surface area contributed by atoms with E-state index >= 15 is 0 Å². The zero-order chi connectivity index (χ0) is 22.9. The van der Waals surface area contributed by atoms with Gasteiger partial charge in [-0.2, -0.15) is 0 Å². The van der Waals surface area contributed by atoms with Crippen molar-refractivity contribution in [3.8, 4) is 11.8 Å². The molecule has 6 nitrogen and oxygen atoms in total. The van der Waals surface area contributed by atoms with Crippen LogP contribution in [-0.2, 0) is 0 Å². The molecule has 0 spiro atoms. The lowest BCUT2D eigenvalue weighted by molar-refractivity contribution is 0.0946. The van der Waals surface area contributed by atoms with E-state index in [0.717, 1.165) is 48.3 Å². The van der Waals surface area contributed by atoms with Crippen molar-refractivity contribution in [2.45, 2.75) is 26.3 Å². The number of aryl methyl sites for hydroxylation is 1. The summed E-state index contributed by atoms with van der Waals surface area (Å²) in [7, 11) is 2.15. The molecule has 1 saturated heterocycles. The Morgan fingerprint density at radius 2 is 1.84 bits per heavy atom. The number of piperazine rings is 1. The van der Waals surface area contributed by atoms with Gasteiger partial charge >= 0.3 is 0 Å². The van der Waals surface area contributed by atoms with Crippen LogP contribution in [0.25, 0.3) is 10.9 Å². The molecule has 0 saturated carbocycles. The summed E-state index contributed by atoms with van der Waals surface area (Å²) in [5.74, 6) is 7.07. The fourth-order valence-corrected chi connectivity index (χ4v) is 3.85. The van der Waals surface area contributed by atoms with Gasteiger partial charge in [-0.15, -0.1) is 0 Å². The molecule has 0 unspecified atom stereocenters. The predicted octanol–water partition coefficient (Wildman–Crippen LogP) is 3.78. The Kier molecular flexibility index (Phi) is 6.00. The van der Waals surface area contributed by atoms with Crippen LogP contribution in [-0.4, -0.2) is 58.5 Å². The molecule has 3 aromatic rings. The van der Waals surface area contributed by atoms with E-state index in [2.05, 4.69) is 57.8 Å². The molecule has 0 aliphatic carbocycles. The van der Waals surface area contributed by atoms with E-state index < -0.39 is 0 Å². The summed E-state index contributed by atoms with van der Waals surface area (Å²) in [6.07, 6.45) is 1.50. The second-order valence-corrected chi connectivity index (χ2v) is 8.87. The topological polar surface area (TPSA) is 70.3 Å². The number of hydrogen-bond donors (Lipinski definition) is 2. The van der Waals surface area contributed by atoms with Crippen LogP contribution in [0.15, 0.2) is 36.7 Å².